The van der Waals surface area contributed by atoms with Crippen molar-refractivity contribution in [3.63, 3.8) is 0 Å². The maximum Gasteiger partial charge on any atom is 0.271 e. The van der Waals surface area contributed by atoms with E-state index in [4.69, 9.17) is 11.6 Å². The molecule has 0 unspecified atom stereocenters. The number of rotatable bonds is 3. The van der Waals surface area contributed by atoms with Gasteiger partial charge in [0.05, 0.1) is 11.6 Å². The Kier molecular flexibility index (Phi) is 3.57. The van der Waals surface area contributed by atoms with Gasteiger partial charge in [-0.2, -0.15) is 10.2 Å². The Bertz CT molecular complexity index is 814. The number of halogens is 1. The fraction of sp³-hybridized carbons (Fsp3) is 0. The molecule has 104 valence electrons. The summed E-state index contributed by atoms with van der Waals surface area (Å²) in [6.45, 7) is 0. The van der Waals surface area contributed by atoms with Crippen molar-refractivity contribution in [2.45, 2.75) is 0 Å². The summed E-state index contributed by atoms with van der Waals surface area (Å²) in [4.78, 5) is 19.7. The van der Waals surface area contributed by atoms with Crippen LogP contribution in [0.2, 0.25) is 5.15 Å². The highest BCUT2D eigenvalue weighted by molar-refractivity contribution is 6.34. The number of fused-ring (bicyclic) bond motifs is 1. The molecule has 0 saturated heterocycles. The molecule has 0 radical (unpaired) electrons. The summed E-state index contributed by atoms with van der Waals surface area (Å²) < 4.78 is 0. The number of nitrogens with one attached hydrogen (secondary N) is 2. The minimum Gasteiger partial charge on any atom is -0.267 e. The topological polar surface area (TPSA) is 95.9 Å². The molecular weight excluding hydrogens is 292 g/mol. The van der Waals surface area contributed by atoms with Gasteiger partial charge < -0.3 is 0 Å². The first-order valence-electron chi connectivity index (χ1n) is 5.96. The number of aromatic nitrogens is 4. The first-order valence-corrected chi connectivity index (χ1v) is 6.34. The van der Waals surface area contributed by atoms with Gasteiger partial charge in [0.2, 0.25) is 0 Å². The van der Waals surface area contributed by atoms with Gasteiger partial charge in [0.15, 0.2) is 0 Å². The van der Waals surface area contributed by atoms with Crippen LogP contribution in [0, 0.1) is 0 Å². The van der Waals surface area contributed by atoms with Gasteiger partial charge in [0, 0.05) is 35.9 Å². The van der Waals surface area contributed by atoms with Gasteiger partial charge in [0.1, 0.15) is 10.7 Å². The molecule has 3 rings (SSSR count). The predicted molar refractivity (Wildman–Crippen MR) is 78.2 cm³/mol. The van der Waals surface area contributed by atoms with Gasteiger partial charge >= 0.3 is 0 Å². The quantitative estimate of drug-likeness (QED) is 0.569. The van der Waals surface area contributed by atoms with Crippen molar-refractivity contribution >= 4 is 34.6 Å². The second kappa shape index (κ2) is 5.68. The van der Waals surface area contributed by atoms with E-state index in [9.17, 15) is 4.79 Å². The second-order valence-electron chi connectivity index (χ2n) is 4.10. The Morgan fingerprint density at radius 3 is 2.90 bits per heavy atom. The molecule has 3 aromatic heterocycles. The van der Waals surface area contributed by atoms with Gasteiger partial charge in [-0.25, -0.2) is 5.43 Å². The molecule has 0 bridgehead atoms. The number of hydrogen-bond acceptors (Lipinski definition) is 5. The highest BCUT2D eigenvalue weighted by atomic mass is 35.5. The Labute approximate surface area is 124 Å². The van der Waals surface area contributed by atoms with Crippen LogP contribution in [0.25, 0.3) is 10.9 Å². The number of carbonyl (C=O) groups excluding carboxylic acids is 1. The molecule has 0 aliphatic heterocycles. The lowest BCUT2D eigenvalue weighted by atomic mass is 10.2. The average Bonchev–Trinajstić information content (AvgIpc) is 2.91. The highest BCUT2D eigenvalue weighted by Crippen LogP contribution is 2.20. The van der Waals surface area contributed by atoms with E-state index in [1.807, 2.05) is 0 Å². The van der Waals surface area contributed by atoms with E-state index in [1.54, 1.807) is 24.5 Å². The van der Waals surface area contributed by atoms with E-state index in [0.29, 0.717) is 27.2 Å². The zero-order valence-electron chi connectivity index (χ0n) is 10.6. The van der Waals surface area contributed by atoms with Crippen LogP contribution < -0.4 is 5.43 Å². The molecule has 21 heavy (non-hydrogen) atoms. The summed E-state index contributed by atoms with van der Waals surface area (Å²) in [6, 6.07) is 3.20. The average molecular weight is 301 g/mol. The van der Waals surface area contributed by atoms with Crippen LogP contribution in [0.5, 0.6) is 0 Å². The number of amides is 1. The largest absolute Gasteiger partial charge is 0.271 e. The Hall–Kier alpha value is -2.80. The first kappa shape index (κ1) is 13.2. The number of H-pyrrole nitrogens is 1. The molecule has 0 fully saturated rings. The summed E-state index contributed by atoms with van der Waals surface area (Å²) in [5.41, 5.74) is 4.18. The van der Waals surface area contributed by atoms with Crippen LogP contribution in [0.3, 0.4) is 0 Å². The van der Waals surface area contributed by atoms with E-state index in [1.165, 1.54) is 18.6 Å². The van der Waals surface area contributed by atoms with Crippen molar-refractivity contribution in [1.82, 2.24) is 25.6 Å². The zero-order chi connectivity index (χ0) is 14.7. The predicted octanol–water partition coefficient (Wildman–Crippen LogP) is 1.77. The molecule has 0 aromatic carbocycles. The Morgan fingerprint density at radius 1 is 1.29 bits per heavy atom. The lowest BCUT2D eigenvalue weighted by Gasteiger charge is -1.98. The van der Waals surface area contributed by atoms with E-state index in [-0.39, 0.29) is 5.91 Å². The van der Waals surface area contributed by atoms with Crippen LogP contribution in [-0.4, -0.2) is 32.3 Å². The first-order chi connectivity index (χ1) is 10.3. The van der Waals surface area contributed by atoms with Crippen LogP contribution in [0.4, 0.5) is 0 Å². The van der Waals surface area contributed by atoms with E-state index >= 15 is 0 Å². The molecule has 0 aliphatic rings. The number of hydrazone groups is 1. The third-order valence-electron chi connectivity index (χ3n) is 2.76. The van der Waals surface area contributed by atoms with E-state index in [2.05, 4.69) is 30.7 Å². The van der Waals surface area contributed by atoms with Gasteiger partial charge in [-0.3, -0.25) is 19.9 Å². The van der Waals surface area contributed by atoms with Crippen LogP contribution in [-0.2, 0) is 0 Å². The van der Waals surface area contributed by atoms with Gasteiger partial charge in [-0.1, -0.05) is 11.6 Å². The smallest absolute Gasteiger partial charge is 0.267 e. The molecule has 3 heterocycles. The summed E-state index contributed by atoms with van der Waals surface area (Å²) in [5, 5.41) is 11.7. The molecule has 0 aliphatic carbocycles. The lowest BCUT2D eigenvalue weighted by Crippen LogP contribution is -2.17. The lowest BCUT2D eigenvalue weighted by molar-refractivity contribution is 0.0955. The van der Waals surface area contributed by atoms with E-state index < -0.39 is 0 Å². The maximum absolute atomic E-state index is 11.8. The molecule has 0 saturated carbocycles. The van der Waals surface area contributed by atoms with E-state index in [0.717, 1.165) is 0 Å². The minimum absolute atomic E-state index is 0.325. The number of pyridine rings is 2. The standard InChI is InChI=1S/C13H9ClN6O/c14-12-10-7-16-5-9(11(10)18-19-12)6-17-20-13(21)8-1-3-15-4-2-8/h1-7H,(H,18,19)(H,20,21)/b17-6+. The third-order valence-corrected chi connectivity index (χ3v) is 3.05. The highest BCUT2D eigenvalue weighted by Gasteiger charge is 2.07. The van der Waals surface area contributed by atoms with Crippen molar-refractivity contribution in [2.24, 2.45) is 5.10 Å². The number of hydrogen-bond donors (Lipinski definition) is 2. The van der Waals surface area contributed by atoms with Gasteiger partial charge in [-0.05, 0) is 12.1 Å². The molecule has 0 spiro atoms. The van der Waals surface area contributed by atoms with Gasteiger partial charge in [-0.15, -0.1) is 0 Å². The zero-order valence-corrected chi connectivity index (χ0v) is 11.4. The molecule has 1 amide bonds. The maximum atomic E-state index is 11.8. The molecule has 2 N–H and O–H groups in total. The minimum atomic E-state index is -0.325. The summed E-state index contributed by atoms with van der Waals surface area (Å²) >= 11 is 5.93. The molecule has 0 atom stereocenters. The Morgan fingerprint density at radius 2 is 2.10 bits per heavy atom. The third kappa shape index (κ3) is 2.72. The van der Waals surface area contributed by atoms with Crippen LogP contribution in [0.1, 0.15) is 15.9 Å². The van der Waals surface area contributed by atoms with Crippen molar-refractivity contribution in [1.29, 1.82) is 0 Å². The number of aromatic amines is 1. The van der Waals surface area contributed by atoms with Crippen LogP contribution >= 0.6 is 11.6 Å². The fourth-order valence-corrected chi connectivity index (χ4v) is 1.92. The molecule has 8 heteroatoms. The molecular formula is C13H9ClN6O. The molecule has 3 aromatic rings. The summed E-state index contributed by atoms with van der Waals surface area (Å²) in [5.74, 6) is -0.325. The second-order valence-corrected chi connectivity index (χ2v) is 4.48. The van der Waals surface area contributed by atoms with Crippen molar-refractivity contribution < 1.29 is 4.79 Å². The number of nitrogens with zero attached hydrogens (tertiary/aromatic N) is 4. The van der Waals surface area contributed by atoms with Gasteiger partial charge in [0.25, 0.3) is 5.91 Å². The van der Waals surface area contributed by atoms with Crippen molar-refractivity contribution in [3.05, 3.63) is 53.2 Å². The van der Waals surface area contributed by atoms with Crippen molar-refractivity contribution in [3.8, 4) is 0 Å². The summed E-state index contributed by atoms with van der Waals surface area (Å²) in [6.07, 6.45) is 7.73. The SMILES string of the molecule is O=C(N/N=C/c1cncc2c(Cl)[nH]nc12)c1ccncc1. The Balaban J connectivity index is 1.78. The van der Waals surface area contributed by atoms with Crippen LogP contribution in [0.15, 0.2) is 42.0 Å². The monoisotopic (exact) mass is 300 g/mol. The fourth-order valence-electron chi connectivity index (χ4n) is 1.74. The normalized spacial score (nSPS) is 11.1. The molecule has 7 nitrogen and oxygen atoms in total. The number of carbonyl (C=O) groups is 1. The summed E-state index contributed by atoms with van der Waals surface area (Å²) in [7, 11) is 0. The van der Waals surface area contributed by atoms with Crippen molar-refractivity contribution in [2.75, 3.05) is 0 Å².